The van der Waals surface area contributed by atoms with Gasteiger partial charge in [-0.15, -0.1) is 0 Å². The molecule has 1 unspecified atom stereocenters. The Hall–Kier alpha value is -0.930. The summed E-state index contributed by atoms with van der Waals surface area (Å²) in [6.07, 6.45) is 2.38. The maximum Gasteiger partial charge on any atom is 0.180 e. The molecule has 1 aromatic rings. The lowest BCUT2D eigenvalue weighted by atomic mass is 9.90. The summed E-state index contributed by atoms with van der Waals surface area (Å²) in [4.78, 5) is 0. The number of hydrogen-bond acceptors (Lipinski definition) is 3. The zero-order valence-corrected chi connectivity index (χ0v) is 12.2. The lowest BCUT2D eigenvalue weighted by Crippen LogP contribution is -2.21. The quantitative estimate of drug-likeness (QED) is 0.897. The first kappa shape index (κ1) is 13.1. The van der Waals surface area contributed by atoms with Crippen LogP contribution in [0.15, 0.2) is 6.07 Å². The molecule has 0 bridgehead atoms. The Morgan fingerprint density at radius 1 is 1.26 bits per heavy atom. The van der Waals surface area contributed by atoms with Crippen LogP contribution in [0.4, 0.5) is 0 Å². The maximum absolute atomic E-state index is 6.37. The molecule has 2 aliphatic heterocycles. The molecule has 3 rings (SSSR count). The first-order valence-corrected chi connectivity index (χ1v) is 7.41. The fourth-order valence-corrected chi connectivity index (χ4v) is 3.30. The average molecular weight is 282 g/mol. The molecule has 4 heteroatoms. The number of rotatable bonds is 2. The molecule has 104 valence electrons. The summed E-state index contributed by atoms with van der Waals surface area (Å²) in [7, 11) is 0. The van der Waals surface area contributed by atoms with Gasteiger partial charge in [-0.1, -0.05) is 25.4 Å². The van der Waals surface area contributed by atoms with Crippen LogP contribution >= 0.6 is 11.6 Å². The molecule has 1 N–H and O–H groups in total. The number of nitrogens with one attached hydrogen (secondary N) is 1. The molecule has 1 atom stereocenters. The van der Waals surface area contributed by atoms with Gasteiger partial charge in [-0.2, -0.15) is 0 Å². The molecule has 0 aromatic heterocycles. The molecule has 0 radical (unpaired) electrons. The Kier molecular flexibility index (Phi) is 3.59. The molecule has 2 aliphatic rings. The highest BCUT2D eigenvalue weighted by Gasteiger charge is 2.29. The summed E-state index contributed by atoms with van der Waals surface area (Å²) in [6, 6.07) is 2.46. The second-order valence-electron chi connectivity index (χ2n) is 5.52. The largest absolute Gasteiger partial charge is 0.486 e. The number of fused-ring (bicyclic) bond motifs is 1. The van der Waals surface area contributed by atoms with E-state index < -0.39 is 0 Å². The van der Waals surface area contributed by atoms with Gasteiger partial charge in [-0.25, -0.2) is 0 Å². The predicted octanol–water partition coefficient (Wildman–Crippen LogP) is 3.66. The summed E-state index contributed by atoms with van der Waals surface area (Å²) >= 11 is 6.37. The van der Waals surface area contributed by atoms with Crippen molar-refractivity contribution >= 4 is 11.6 Å². The monoisotopic (exact) mass is 281 g/mol. The maximum atomic E-state index is 6.37. The van der Waals surface area contributed by atoms with Crippen LogP contribution in [0.5, 0.6) is 11.5 Å². The molecule has 1 saturated heterocycles. The highest BCUT2D eigenvalue weighted by Crippen LogP contribution is 2.47. The van der Waals surface area contributed by atoms with Crippen LogP contribution < -0.4 is 14.8 Å². The van der Waals surface area contributed by atoms with Crippen molar-refractivity contribution in [3.8, 4) is 11.5 Å². The Morgan fingerprint density at radius 3 is 2.63 bits per heavy atom. The molecule has 1 aromatic carbocycles. The van der Waals surface area contributed by atoms with Crippen molar-refractivity contribution in [3.05, 3.63) is 22.2 Å². The van der Waals surface area contributed by atoms with Gasteiger partial charge in [-0.3, -0.25) is 0 Å². The SMILES string of the molecule is CC(C)c1c(C2CCCN2)cc(Cl)c2c1OCCO2. The Bertz CT molecular complexity index is 482. The topological polar surface area (TPSA) is 30.5 Å². The molecule has 0 saturated carbocycles. The zero-order chi connectivity index (χ0) is 13.4. The van der Waals surface area contributed by atoms with Crippen molar-refractivity contribution in [1.29, 1.82) is 0 Å². The summed E-state index contributed by atoms with van der Waals surface area (Å²) in [6.45, 7) is 6.64. The van der Waals surface area contributed by atoms with Crippen LogP contribution in [-0.2, 0) is 0 Å². The molecule has 3 nitrogen and oxygen atoms in total. The van der Waals surface area contributed by atoms with E-state index >= 15 is 0 Å². The van der Waals surface area contributed by atoms with E-state index in [9.17, 15) is 0 Å². The van der Waals surface area contributed by atoms with E-state index in [1.54, 1.807) is 0 Å². The first-order chi connectivity index (χ1) is 9.18. The van der Waals surface area contributed by atoms with Crippen molar-refractivity contribution < 1.29 is 9.47 Å². The summed E-state index contributed by atoms with van der Waals surface area (Å²) in [5.74, 6) is 1.97. The third-order valence-corrected chi connectivity index (χ3v) is 4.13. The molecule has 0 aliphatic carbocycles. The molecule has 0 amide bonds. The fraction of sp³-hybridized carbons (Fsp3) is 0.600. The van der Waals surface area contributed by atoms with E-state index in [-0.39, 0.29) is 0 Å². The van der Waals surface area contributed by atoms with Gasteiger partial charge in [0.15, 0.2) is 11.5 Å². The second-order valence-corrected chi connectivity index (χ2v) is 5.93. The van der Waals surface area contributed by atoms with Gasteiger partial charge in [0.2, 0.25) is 0 Å². The predicted molar refractivity (Wildman–Crippen MR) is 76.5 cm³/mol. The minimum atomic E-state index is 0.394. The molecule has 0 spiro atoms. The van der Waals surface area contributed by atoms with Crippen LogP contribution in [0.3, 0.4) is 0 Å². The van der Waals surface area contributed by atoms with Crippen molar-refractivity contribution in [1.82, 2.24) is 5.32 Å². The number of ether oxygens (including phenoxy) is 2. The first-order valence-electron chi connectivity index (χ1n) is 7.03. The van der Waals surface area contributed by atoms with Gasteiger partial charge in [0, 0.05) is 11.6 Å². The summed E-state index contributed by atoms with van der Waals surface area (Å²) in [5.41, 5.74) is 2.53. The van der Waals surface area contributed by atoms with E-state index in [1.807, 2.05) is 0 Å². The van der Waals surface area contributed by atoms with E-state index in [0.29, 0.717) is 30.2 Å². The molecular formula is C15H20ClNO2. The van der Waals surface area contributed by atoms with Crippen LogP contribution in [0, 0.1) is 0 Å². The molecule has 1 fully saturated rings. The van der Waals surface area contributed by atoms with Crippen molar-refractivity contribution in [2.45, 2.75) is 38.6 Å². The lowest BCUT2D eigenvalue weighted by Gasteiger charge is -2.27. The number of benzene rings is 1. The highest BCUT2D eigenvalue weighted by molar-refractivity contribution is 6.32. The standard InChI is InChI=1S/C15H20ClNO2/c1-9(2)13-10(12-4-3-5-17-12)8-11(16)14-15(13)19-7-6-18-14/h8-9,12,17H,3-7H2,1-2H3. The average Bonchev–Trinajstić information content (AvgIpc) is 2.92. The van der Waals surface area contributed by atoms with Crippen LogP contribution in [-0.4, -0.2) is 19.8 Å². The van der Waals surface area contributed by atoms with E-state index in [2.05, 4.69) is 25.2 Å². The highest BCUT2D eigenvalue weighted by atomic mass is 35.5. The van der Waals surface area contributed by atoms with Crippen LogP contribution in [0.1, 0.15) is 49.8 Å². The van der Waals surface area contributed by atoms with E-state index in [0.717, 1.165) is 24.5 Å². The third-order valence-electron chi connectivity index (χ3n) is 3.85. The molecular weight excluding hydrogens is 262 g/mol. The van der Waals surface area contributed by atoms with Crippen LogP contribution in [0.25, 0.3) is 0 Å². The third kappa shape index (κ3) is 2.30. The van der Waals surface area contributed by atoms with Gasteiger partial charge in [0.25, 0.3) is 0 Å². The lowest BCUT2D eigenvalue weighted by molar-refractivity contribution is 0.169. The fourth-order valence-electron chi connectivity index (χ4n) is 3.04. The minimum absolute atomic E-state index is 0.394. The normalized spacial score (nSPS) is 22.0. The number of hydrogen-bond donors (Lipinski definition) is 1. The second kappa shape index (κ2) is 5.22. The van der Waals surface area contributed by atoms with E-state index in [1.165, 1.54) is 17.5 Å². The molecule has 19 heavy (non-hydrogen) atoms. The summed E-state index contributed by atoms with van der Waals surface area (Å²) < 4.78 is 11.5. The minimum Gasteiger partial charge on any atom is -0.486 e. The van der Waals surface area contributed by atoms with Gasteiger partial charge >= 0.3 is 0 Å². The Morgan fingerprint density at radius 2 is 2.00 bits per heavy atom. The zero-order valence-electron chi connectivity index (χ0n) is 11.5. The van der Waals surface area contributed by atoms with Gasteiger partial charge < -0.3 is 14.8 Å². The van der Waals surface area contributed by atoms with Crippen molar-refractivity contribution in [2.24, 2.45) is 0 Å². The van der Waals surface area contributed by atoms with Crippen molar-refractivity contribution in [2.75, 3.05) is 19.8 Å². The van der Waals surface area contributed by atoms with Crippen molar-refractivity contribution in [3.63, 3.8) is 0 Å². The van der Waals surface area contributed by atoms with E-state index in [4.69, 9.17) is 21.1 Å². The van der Waals surface area contributed by atoms with Gasteiger partial charge in [0.1, 0.15) is 13.2 Å². The summed E-state index contributed by atoms with van der Waals surface area (Å²) in [5, 5.41) is 4.22. The van der Waals surface area contributed by atoms with Gasteiger partial charge in [-0.05, 0) is 36.9 Å². The Balaban J connectivity index is 2.14. The number of halogens is 1. The Labute approximate surface area is 119 Å². The van der Waals surface area contributed by atoms with Crippen LogP contribution in [0.2, 0.25) is 5.02 Å². The van der Waals surface area contributed by atoms with Gasteiger partial charge in [0.05, 0.1) is 5.02 Å². The smallest absolute Gasteiger partial charge is 0.180 e. The molecule has 2 heterocycles.